The van der Waals surface area contributed by atoms with Crippen LogP contribution in [0, 0.1) is 5.92 Å². The molecule has 1 unspecified atom stereocenters. The van der Waals surface area contributed by atoms with Gasteiger partial charge in [0.1, 0.15) is 0 Å². The minimum atomic E-state index is 0. The zero-order valence-corrected chi connectivity index (χ0v) is 19.2. The van der Waals surface area contributed by atoms with Crippen molar-refractivity contribution >= 4 is 12.4 Å². The van der Waals surface area contributed by atoms with Gasteiger partial charge in [-0.05, 0) is 37.2 Å². The second-order valence-corrected chi connectivity index (χ2v) is 8.38. The van der Waals surface area contributed by atoms with Crippen LogP contribution in [0.3, 0.4) is 0 Å². The van der Waals surface area contributed by atoms with E-state index in [4.69, 9.17) is 5.73 Å². The number of rotatable bonds is 16. The first-order valence-corrected chi connectivity index (χ1v) is 11.5. The van der Waals surface area contributed by atoms with Crippen LogP contribution in [0.25, 0.3) is 0 Å². The number of unbranched alkanes of at least 4 members (excludes halogenated alkanes) is 7. The molecule has 0 saturated heterocycles. The smallest absolute Gasteiger partial charge is 0.0185 e. The molecular weight excluding hydrogens is 350 g/mol. The Balaban J connectivity index is 0.00000676. The molecule has 0 bridgehead atoms. The van der Waals surface area contributed by atoms with E-state index in [1.807, 2.05) is 0 Å². The standard InChI is InChI=1S/C25H45N.ClH/c1-4-7-8-9-10-11-12-16-19-24(22-23-17-14-13-15-18-23)25(26,20-5-2)21-6-3;/h13-15,17-18,24H,4-12,16,19-22,26H2,1-3H3;1H. The maximum absolute atomic E-state index is 7.01. The highest BCUT2D eigenvalue weighted by molar-refractivity contribution is 5.85. The number of nitrogens with two attached hydrogens (primary N) is 1. The van der Waals surface area contributed by atoms with Crippen LogP contribution in [-0.4, -0.2) is 5.54 Å². The van der Waals surface area contributed by atoms with E-state index in [0.717, 1.165) is 19.3 Å². The van der Waals surface area contributed by atoms with Gasteiger partial charge in [-0.15, -0.1) is 12.4 Å². The molecule has 27 heavy (non-hydrogen) atoms. The Bertz CT molecular complexity index is 425. The molecule has 0 saturated carbocycles. The van der Waals surface area contributed by atoms with Gasteiger partial charge < -0.3 is 5.73 Å². The van der Waals surface area contributed by atoms with Crippen LogP contribution >= 0.6 is 12.4 Å². The maximum Gasteiger partial charge on any atom is 0.0185 e. The van der Waals surface area contributed by atoms with Gasteiger partial charge in [0.25, 0.3) is 0 Å². The largest absolute Gasteiger partial charge is 0.325 e. The van der Waals surface area contributed by atoms with E-state index in [-0.39, 0.29) is 17.9 Å². The summed E-state index contributed by atoms with van der Waals surface area (Å²) in [4.78, 5) is 0. The fourth-order valence-corrected chi connectivity index (χ4v) is 4.48. The van der Waals surface area contributed by atoms with E-state index in [9.17, 15) is 0 Å². The predicted molar refractivity (Wildman–Crippen MR) is 125 cm³/mol. The van der Waals surface area contributed by atoms with Gasteiger partial charge in [-0.3, -0.25) is 0 Å². The highest BCUT2D eigenvalue weighted by Crippen LogP contribution is 2.33. The molecule has 0 fully saturated rings. The first-order chi connectivity index (χ1) is 12.7. The topological polar surface area (TPSA) is 26.0 Å². The zero-order chi connectivity index (χ0) is 19.1. The molecule has 1 aromatic rings. The van der Waals surface area contributed by atoms with Crippen LogP contribution in [0.4, 0.5) is 0 Å². The monoisotopic (exact) mass is 395 g/mol. The van der Waals surface area contributed by atoms with Crippen molar-refractivity contribution in [2.45, 2.75) is 116 Å². The van der Waals surface area contributed by atoms with Crippen molar-refractivity contribution in [1.29, 1.82) is 0 Å². The van der Waals surface area contributed by atoms with Gasteiger partial charge in [-0.2, -0.15) is 0 Å². The van der Waals surface area contributed by atoms with Crippen LogP contribution in [0.1, 0.15) is 110 Å². The zero-order valence-electron chi connectivity index (χ0n) is 18.3. The van der Waals surface area contributed by atoms with E-state index in [1.54, 1.807) is 0 Å². The summed E-state index contributed by atoms with van der Waals surface area (Å²) in [5.74, 6) is 0.616. The van der Waals surface area contributed by atoms with Gasteiger partial charge >= 0.3 is 0 Å². The molecular formula is C25H46ClN. The Morgan fingerprint density at radius 2 is 1.26 bits per heavy atom. The highest BCUT2D eigenvalue weighted by atomic mass is 35.5. The third-order valence-corrected chi connectivity index (χ3v) is 5.98. The van der Waals surface area contributed by atoms with E-state index in [0.29, 0.717) is 5.92 Å². The van der Waals surface area contributed by atoms with E-state index in [1.165, 1.54) is 76.2 Å². The average Bonchev–Trinajstić information content (AvgIpc) is 2.64. The molecule has 1 aromatic carbocycles. The molecule has 1 nitrogen and oxygen atoms in total. The lowest BCUT2D eigenvalue weighted by molar-refractivity contribution is 0.211. The summed E-state index contributed by atoms with van der Waals surface area (Å²) < 4.78 is 0. The SMILES string of the molecule is CCCCCCCCCCC(Cc1ccccc1)C(N)(CCC)CCC.Cl. The quantitative estimate of drug-likeness (QED) is 0.281. The number of hydrogen-bond donors (Lipinski definition) is 1. The summed E-state index contributed by atoms with van der Waals surface area (Å²) in [5.41, 5.74) is 8.48. The van der Waals surface area contributed by atoms with Crippen LogP contribution in [0.15, 0.2) is 30.3 Å². The summed E-state index contributed by atoms with van der Waals surface area (Å²) in [6.45, 7) is 6.86. The minimum Gasteiger partial charge on any atom is -0.325 e. The Morgan fingerprint density at radius 3 is 1.78 bits per heavy atom. The molecule has 0 aliphatic carbocycles. The summed E-state index contributed by atoms with van der Waals surface area (Å²) in [6.07, 6.45) is 18.3. The fourth-order valence-electron chi connectivity index (χ4n) is 4.48. The lowest BCUT2D eigenvalue weighted by atomic mass is 9.72. The van der Waals surface area contributed by atoms with Crippen molar-refractivity contribution < 1.29 is 0 Å². The summed E-state index contributed by atoms with van der Waals surface area (Å²) in [6, 6.07) is 11.0. The molecule has 0 aliphatic rings. The van der Waals surface area contributed by atoms with Crippen LogP contribution in [0.5, 0.6) is 0 Å². The Hall–Kier alpha value is -0.530. The number of benzene rings is 1. The van der Waals surface area contributed by atoms with Gasteiger partial charge in [-0.25, -0.2) is 0 Å². The van der Waals surface area contributed by atoms with Crippen molar-refractivity contribution in [1.82, 2.24) is 0 Å². The van der Waals surface area contributed by atoms with E-state index < -0.39 is 0 Å². The predicted octanol–water partition coefficient (Wildman–Crippen LogP) is 8.10. The third-order valence-electron chi connectivity index (χ3n) is 5.98. The number of halogens is 1. The molecule has 1 rings (SSSR count). The molecule has 1 atom stereocenters. The van der Waals surface area contributed by atoms with Crippen molar-refractivity contribution in [2.75, 3.05) is 0 Å². The van der Waals surface area contributed by atoms with Gasteiger partial charge in [0.05, 0.1) is 0 Å². The van der Waals surface area contributed by atoms with Gasteiger partial charge in [0, 0.05) is 5.54 Å². The normalized spacial score (nSPS) is 12.6. The van der Waals surface area contributed by atoms with Crippen molar-refractivity contribution in [3.8, 4) is 0 Å². The molecule has 0 aromatic heterocycles. The Kier molecular flexibility index (Phi) is 16.1. The van der Waals surface area contributed by atoms with Crippen molar-refractivity contribution in [3.05, 3.63) is 35.9 Å². The maximum atomic E-state index is 7.01. The van der Waals surface area contributed by atoms with Gasteiger partial charge in [0.2, 0.25) is 0 Å². The van der Waals surface area contributed by atoms with Gasteiger partial charge in [-0.1, -0.05) is 115 Å². The summed E-state index contributed by atoms with van der Waals surface area (Å²) in [5, 5.41) is 0. The third kappa shape index (κ3) is 11.2. The highest BCUT2D eigenvalue weighted by Gasteiger charge is 2.32. The fraction of sp³-hybridized carbons (Fsp3) is 0.760. The van der Waals surface area contributed by atoms with E-state index >= 15 is 0 Å². The van der Waals surface area contributed by atoms with Gasteiger partial charge in [0.15, 0.2) is 0 Å². The average molecular weight is 396 g/mol. The number of hydrogen-bond acceptors (Lipinski definition) is 1. The molecule has 2 heteroatoms. The molecule has 158 valence electrons. The van der Waals surface area contributed by atoms with Crippen LogP contribution < -0.4 is 5.73 Å². The summed E-state index contributed by atoms with van der Waals surface area (Å²) >= 11 is 0. The molecule has 0 aliphatic heterocycles. The molecule has 0 radical (unpaired) electrons. The molecule has 2 N–H and O–H groups in total. The molecule has 0 spiro atoms. The van der Waals surface area contributed by atoms with Crippen LogP contribution in [-0.2, 0) is 6.42 Å². The molecule has 0 heterocycles. The summed E-state index contributed by atoms with van der Waals surface area (Å²) in [7, 11) is 0. The van der Waals surface area contributed by atoms with E-state index in [2.05, 4.69) is 51.1 Å². The van der Waals surface area contributed by atoms with Crippen molar-refractivity contribution in [3.63, 3.8) is 0 Å². The first kappa shape index (κ1) is 26.5. The van der Waals surface area contributed by atoms with Crippen LogP contribution in [0.2, 0.25) is 0 Å². The Morgan fingerprint density at radius 1 is 0.741 bits per heavy atom. The lowest BCUT2D eigenvalue weighted by Crippen LogP contribution is -2.48. The lowest BCUT2D eigenvalue weighted by Gasteiger charge is -2.38. The van der Waals surface area contributed by atoms with Crippen molar-refractivity contribution in [2.24, 2.45) is 11.7 Å². The minimum absolute atomic E-state index is 0. The second kappa shape index (κ2) is 16.4. The Labute approximate surface area is 176 Å². The first-order valence-electron chi connectivity index (χ1n) is 11.5. The second-order valence-electron chi connectivity index (χ2n) is 8.38. The molecule has 0 amide bonds.